The van der Waals surface area contributed by atoms with Crippen molar-refractivity contribution in [1.29, 1.82) is 0 Å². The lowest BCUT2D eigenvalue weighted by molar-refractivity contribution is -0.124. The maximum Gasteiger partial charge on any atom is 0.222 e. The van der Waals surface area contributed by atoms with Gasteiger partial charge in [0.2, 0.25) is 5.91 Å². The van der Waals surface area contributed by atoms with Gasteiger partial charge in [-0.05, 0) is 12.3 Å². The van der Waals surface area contributed by atoms with E-state index in [2.05, 4.69) is 26.1 Å². The van der Waals surface area contributed by atoms with Crippen LogP contribution in [-0.4, -0.2) is 18.5 Å². The molecule has 17 heavy (non-hydrogen) atoms. The normalized spacial score (nSPS) is 14.7. The zero-order valence-electron chi connectivity index (χ0n) is 12.0. The van der Waals surface area contributed by atoms with Crippen LogP contribution in [0.15, 0.2) is 0 Å². The minimum absolute atomic E-state index is 0.0901. The molecule has 0 aromatic rings. The van der Waals surface area contributed by atoms with Crippen molar-refractivity contribution in [2.45, 2.75) is 65.8 Å². The Morgan fingerprint density at radius 2 is 1.82 bits per heavy atom. The predicted molar refractivity (Wildman–Crippen MR) is 73.7 cm³/mol. The highest BCUT2D eigenvalue weighted by Gasteiger charge is 2.17. The van der Waals surface area contributed by atoms with Gasteiger partial charge in [-0.2, -0.15) is 0 Å². The SMILES string of the molecule is CCCCC(C)C(=O)NCC(N)C(CC)CC. The molecule has 0 heterocycles. The Kier molecular flexibility index (Phi) is 9.14. The van der Waals surface area contributed by atoms with E-state index in [1.54, 1.807) is 0 Å². The molecule has 0 aromatic carbocycles. The third-order valence-corrected chi connectivity index (χ3v) is 3.60. The van der Waals surface area contributed by atoms with Crippen LogP contribution in [0, 0.1) is 11.8 Å². The Hall–Kier alpha value is -0.570. The van der Waals surface area contributed by atoms with Crippen molar-refractivity contribution in [2.24, 2.45) is 17.6 Å². The fraction of sp³-hybridized carbons (Fsp3) is 0.929. The topological polar surface area (TPSA) is 55.1 Å². The van der Waals surface area contributed by atoms with Crippen LogP contribution in [-0.2, 0) is 4.79 Å². The quantitative estimate of drug-likeness (QED) is 0.653. The molecule has 3 heteroatoms. The molecule has 0 aromatic heterocycles. The average Bonchev–Trinajstić information content (AvgIpc) is 2.34. The van der Waals surface area contributed by atoms with Gasteiger partial charge in [-0.25, -0.2) is 0 Å². The number of amides is 1. The average molecular weight is 242 g/mol. The highest BCUT2D eigenvalue weighted by atomic mass is 16.1. The molecule has 3 nitrogen and oxygen atoms in total. The predicted octanol–water partition coefficient (Wildman–Crippen LogP) is 2.69. The second-order valence-electron chi connectivity index (χ2n) is 5.03. The molecule has 0 radical (unpaired) electrons. The smallest absolute Gasteiger partial charge is 0.222 e. The molecule has 0 aliphatic rings. The number of carbonyl (C=O) groups is 1. The van der Waals surface area contributed by atoms with Crippen molar-refractivity contribution in [1.82, 2.24) is 5.32 Å². The van der Waals surface area contributed by atoms with Crippen molar-refractivity contribution in [3.63, 3.8) is 0 Å². The fourth-order valence-electron chi connectivity index (χ4n) is 2.09. The summed E-state index contributed by atoms with van der Waals surface area (Å²) < 4.78 is 0. The molecular weight excluding hydrogens is 212 g/mol. The summed E-state index contributed by atoms with van der Waals surface area (Å²) in [5, 5.41) is 2.98. The van der Waals surface area contributed by atoms with Gasteiger partial charge >= 0.3 is 0 Å². The van der Waals surface area contributed by atoms with Gasteiger partial charge in [0, 0.05) is 18.5 Å². The second-order valence-corrected chi connectivity index (χ2v) is 5.03. The summed E-state index contributed by atoms with van der Waals surface area (Å²) in [6.45, 7) is 9.06. The number of nitrogens with one attached hydrogen (secondary N) is 1. The molecule has 2 unspecified atom stereocenters. The molecule has 3 N–H and O–H groups in total. The highest BCUT2D eigenvalue weighted by molar-refractivity contribution is 5.78. The Labute approximate surface area is 107 Å². The minimum Gasteiger partial charge on any atom is -0.354 e. The summed E-state index contributed by atoms with van der Waals surface area (Å²) >= 11 is 0. The lowest BCUT2D eigenvalue weighted by atomic mass is 9.94. The maximum atomic E-state index is 11.8. The summed E-state index contributed by atoms with van der Waals surface area (Å²) in [7, 11) is 0. The first-order chi connectivity index (χ1) is 8.06. The number of hydrogen-bond donors (Lipinski definition) is 2. The molecule has 0 saturated heterocycles. The van der Waals surface area contributed by atoms with Gasteiger partial charge in [0.05, 0.1) is 0 Å². The van der Waals surface area contributed by atoms with Crippen LogP contribution < -0.4 is 11.1 Å². The van der Waals surface area contributed by atoms with Gasteiger partial charge < -0.3 is 11.1 Å². The highest BCUT2D eigenvalue weighted by Crippen LogP contribution is 2.11. The first-order valence-electron chi connectivity index (χ1n) is 7.09. The Bertz CT molecular complexity index is 202. The van der Waals surface area contributed by atoms with Crippen LogP contribution in [0.25, 0.3) is 0 Å². The summed E-state index contributed by atoms with van der Waals surface area (Å²) in [5.74, 6) is 0.782. The van der Waals surface area contributed by atoms with Crippen LogP contribution in [0.3, 0.4) is 0 Å². The Morgan fingerprint density at radius 1 is 1.24 bits per heavy atom. The van der Waals surface area contributed by atoms with Crippen LogP contribution in [0.1, 0.15) is 59.8 Å². The van der Waals surface area contributed by atoms with E-state index in [0.29, 0.717) is 12.5 Å². The van der Waals surface area contributed by atoms with E-state index >= 15 is 0 Å². The molecule has 0 aliphatic carbocycles. The molecule has 0 aliphatic heterocycles. The van der Waals surface area contributed by atoms with Crippen LogP contribution >= 0.6 is 0 Å². The third kappa shape index (κ3) is 6.67. The first kappa shape index (κ1) is 16.4. The van der Waals surface area contributed by atoms with Crippen molar-refractivity contribution in [3.05, 3.63) is 0 Å². The number of nitrogens with two attached hydrogens (primary N) is 1. The molecule has 0 fully saturated rings. The van der Waals surface area contributed by atoms with E-state index in [4.69, 9.17) is 5.73 Å². The molecule has 0 rings (SSSR count). The van der Waals surface area contributed by atoms with E-state index in [1.807, 2.05) is 6.92 Å². The van der Waals surface area contributed by atoms with Gasteiger partial charge in [-0.15, -0.1) is 0 Å². The van der Waals surface area contributed by atoms with Crippen LogP contribution in [0.5, 0.6) is 0 Å². The van der Waals surface area contributed by atoms with Gasteiger partial charge in [0.1, 0.15) is 0 Å². The van der Waals surface area contributed by atoms with Gasteiger partial charge in [-0.1, -0.05) is 53.4 Å². The molecule has 0 saturated carbocycles. The second kappa shape index (κ2) is 9.46. The zero-order chi connectivity index (χ0) is 13.3. The zero-order valence-corrected chi connectivity index (χ0v) is 12.0. The van der Waals surface area contributed by atoms with Crippen molar-refractivity contribution < 1.29 is 4.79 Å². The summed E-state index contributed by atoms with van der Waals surface area (Å²) in [6, 6.07) is 0.0901. The van der Waals surface area contributed by atoms with E-state index in [-0.39, 0.29) is 17.9 Å². The van der Waals surface area contributed by atoms with Crippen LogP contribution in [0.2, 0.25) is 0 Å². The third-order valence-electron chi connectivity index (χ3n) is 3.60. The summed E-state index contributed by atoms with van der Waals surface area (Å²) in [5.41, 5.74) is 6.07. The molecule has 2 atom stereocenters. The van der Waals surface area contributed by atoms with Crippen molar-refractivity contribution >= 4 is 5.91 Å². The van der Waals surface area contributed by atoms with Crippen molar-refractivity contribution in [3.8, 4) is 0 Å². The number of unbranched alkanes of at least 4 members (excludes halogenated alkanes) is 1. The largest absolute Gasteiger partial charge is 0.354 e. The molecule has 0 spiro atoms. The van der Waals surface area contributed by atoms with Gasteiger partial charge in [0.25, 0.3) is 0 Å². The monoisotopic (exact) mass is 242 g/mol. The van der Waals surface area contributed by atoms with Crippen molar-refractivity contribution in [2.75, 3.05) is 6.54 Å². The minimum atomic E-state index is 0.0901. The van der Waals surface area contributed by atoms with Crippen LogP contribution in [0.4, 0.5) is 0 Å². The van der Waals surface area contributed by atoms with E-state index in [0.717, 1.165) is 32.1 Å². The van der Waals surface area contributed by atoms with Gasteiger partial charge in [-0.3, -0.25) is 4.79 Å². The first-order valence-corrected chi connectivity index (χ1v) is 7.09. The number of carbonyl (C=O) groups excluding carboxylic acids is 1. The van der Waals surface area contributed by atoms with Gasteiger partial charge in [0.15, 0.2) is 0 Å². The molecular formula is C14H30N2O. The number of rotatable bonds is 9. The lowest BCUT2D eigenvalue weighted by Crippen LogP contribution is -2.43. The fourth-order valence-corrected chi connectivity index (χ4v) is 2.09. The Balaban J connectivity index is 3.89. The van der Waals surface area contributed by atoms with E-state index in [9.17, 15) is 4.79 Å². The summed E-state index contributed by atoms with van der Waals surface area (Å²) in [4.78, 5) is 11.8. The van der Waals surface area contributed by atoms with E-state index < -0.39 is 0 Å². The lowest BCUT2D eigenvalue weighted by Gasteiger charge is -2.22. The maximum absolute atomic E-state index is 11.8. The summed E-state index contributed by atoms with van der Waals surface area (Å²) in [6.07, 6.45) is 5.40. The molecule has 102 valence electrons. The standard InChI is InChI=1S/C14H30N2O/c1-5-8-9-11(4)14(17)16-10-13(15)12(6-2)7-3/h11-13H,5-10,15H2,1-4H3,(H,16,17). The number of hydrogen-bond acceptors (Lipinski definition) is 2. The molecule has 0 bridgehead atoms. The van der Waals surface area contributed by atoms with E-state index in [1.165, 1.54) is 0 Å². The Morgan fingerprint density at radius 3 is 2.29 bits per heavy atom. The molecule has 1 amide bonds.